The summed E-state index contributed by atoms with van der Waals surface area (Å²) < 4.78 is 11.1. The molecule has 0 radical (unpaired) electrons. The maximum Gasteiger partial charge on any atom is 0.161 e. The highest BCUT2D eigenvalue weighted by Crippen LogP contribution is 2.32. The Labute approximate surface area is 126 Å². The predicted octanol–water partition coefficient (Wildman–Crippen LogP) is 2.49. The summed E-state index contributed by atoms with van der Waals surface area (Å²) in [5, 5.41) is 13.9. The predicted molar refractivity (Wildman–Crippen MR) is 81.7 cm³/mol. The van der Waals surface area contributed by atoms with E-state index < -0.39 is 5.60 Å². The average molecular weight is 291 g/mol. The minimum atomic E-state index is -0.527. The van der Waals surface area contributed by atoms with Crippen molar-refractivity contribution in [1.29, 1.82) is 0 Å². The van der Waals surface area contributed by atoms with Gasteiger partial charge in [-0.25, -0.2) is 0 Å². The third-order valence-electron chi connectivity index (χ3n) is 4.59. The second-order valence-electron chi connectivity index (χ2n) is 6.49. The molecule has 0 spiro atoms. The van der Waals surface area contributed by atoms with Gasteiger partial charge < -0.3 is 19.9 Å². The van der Waals surface area contributed by atoms with E-state index in [0.717, 1.165) is 55.2 Å². The summed E-state index contributed by atoms with van der Waals surface area (Å²) in [6.07, 6.45) is 4.06. The van der Waals surface area contributed by atoms with Crippen molar-refractivity contribution in [3.05, 3.63) is 23.8 Å². The van der Waals surface area contributed by atoms with Crippen molar-refractivity contribution in [3.63, 3.8) is 0 Å². The van der Waals surface area contributed by atoms with Crippen LogP contribution in [0.4, 0.5) is 0 Å². The largest absolute Gasteiger partial charge is 0.486 e. The van der Waals surface area contributed by atoms with Crippen LogP contribution in [-0.4, -0.2) is 30.5 Å². The maximum atomic E-state index is 10.6. The molecule has 0 amide bonds. The highest BCUT2D eigenvalue weighted by atomic mass is 16.6. The van der Waals surface area contributed by atoms with E-state index in [1.54, 1.807) is 0 Å². The summed E-state index contributed by atoms with van der Waals surface area (Å²) in [5.41, 5.74) is 0.632. The van der Waals surface area contributed by atoms with Gasteiger partial charge in [0.2, 0.25) is 0 Å². The summed E-state index contributed by atoms with van der Waals surface area (Å²) in [6, 6.07) is 6.03. The van der Waals surface area contributed by atoms with Crippen molar-refractivity contribution in [1.82, 2.24) is 5.32 Å². The molecule has 1 aromatic rings. The van der Waals surface area contributed by atoms with Crippen molar-refractivity contribution in [2.75, 3.05) is 19.8 Å². The minimum absolute atomic E-state index is 0.527. The van der Waals surface area contributed by atoms with Crippen LogP contribution in [0.25, 0.3) is 0 Å². The highest BCUT2D eigenvalue weighted by molar-refractivity contribution is 5.43. The first-order valence-corrected chi connectivity index (χ1v) is 7.96. The number of benzene rings is 1. The Balaban J connectivity index is 1.51. The molecule has 0 atom stereocenters. The van der Waals surface area contributed by atoms with Gasteiger partial charge in [0, 0.05) is 13.1 Å². The fourth-order valence-electron chi connectivity index (χ4n) is 3.11. The van der Waals surface area contributed by atoms with Gasteiger partial charge in [0.15, 0.2) is 11.5 Å². The smallest absolute Gasteiger partial charge is 0.161 e. The molecule has 1 heterocycles. The first-order valence-electron chi connectivity index (χ1n) is 7.96. The Morgan fingerprint density at radius 2 is 1.90 bits per heavy atom. The van der Waals surface area contributed by atoms with E-state index in [0.29, 0.717) is 19.8 Å². The van der Waals surface area contributed by atoms with Crippen LogP contribution in [0.2, 0.25) is 0 Å². The zero-order valence-electron chi connectivity index (χ0n) is 12.7. The van der Waals surface area contributed by atoms with Gasteiger partial charge >= 0.3 is 0 Å². The lowest BCUT2D eigenvalue weighted by Crippen LogP contribution is -2.43. The fourth-order valence-corrected chi connectivity index (χ4v) is 3.11. The number of hydrogen-bond donors (Lipinski definition) is 2. The zero-order chi connectivity index (χ0) is 14.7. The molecule has 2 N–H and O–H groups in total. The van der Waals surface area contributed by atoms with Crippen LogP contribution in [-0.2, 0) is 6.54 Å². The molecule has 116 valence electrons. The first kappa shape index (κ1) is 14.7. The van der Waals surface area contributed by atoms with Crippen LogP contribution in [0.15, 0.2) is 18.2 Å². The van der Waals surface area contributed by atoms with Gasteiger partial charge in [0.25, 0.3) is 0 Å². The molecule has 0 aromatic heterocycles. The summed E-state index contributed by atoms with van der Waals surface area (Å²) in [6.45, 7) is 4.91. The van der Waals surface area contributed by atoms with E-state index in [4.69, 9.17) is 9.47 Å². The maximum absolute atomic E-state index is 10.6. The Hall–Kier alpha value is -1.26. The van der Waals surface area contributed by atoms with Gasteiger partial charge in [0.05, 0.1) is 5.60 Å². The van der Waals surface area contributed by atoms with Gasteiger partial charge in [-0.15, -0.1) is 0 Å². The topological polar surface area (TPSA) is 50.7 Å². The van der Waals surface area contributed by atoms with Crippen molar-refractivity contribution in [2.24, 2.45) is 5.92 Å². The molecule has 0 unspecified atom stereocenters. The van der Waals surface area contributed by atoms with E-state index in [9.17, 15) is 5.11 Å². The highest BCUT2D eigenvalue weighted by Gasteiger charge is 2.31. The minimum Gasteiger partial charge on any atom is -0.486 e. The van der Waals surface area contributed by atoms with Crippen molar-refractivity contribution in [2.45, 2.75) is 44.8 Å². The lowest BCUT2D eigenvalue weighted by Gasteiger charge is -2.35. The molecule has 1 fully saturated rings. The first-order chi connectivity index (χ1) is 10.1. The molecule has 1 aliphatic carbocycles. The van der Waals surface area contributed by atoms with Gasteiger partial charge in [-0.2, -0.15) is 0 Å². The Kier molecular flexibility index (Phi) is 4.36. The lowest BCUT2D eigenvalue weighted by atomic mass is 9.79. The molecule has 3 rings (SSSR count). The van der Waals surface area contributed by atoms with Crippen LogP contribution >= 0.6 is 0 Å². The van der Waals surface area contributed by atoms with Crippen LogP contribution in [0, 0.1) is 5.92 Å². The number of hydrogen-bond acceptors (Lipinski definition) is 4. The third kappa shape index (κ3) is 3.69. The number of nitrogens with one attached hydrogen (secondary N) is 1. The number of rotatable bonds is 4. The van der Waals surface area contributed by atoms with Gasteiger partial charge in [-0.1, -0.05) is 13.0 Å². The summed E-state index contributed by atoms with van der Waals surface area (Å²) >= 11 is 0. The van der Waals surface area contributed by atoms with E-state index in [2.05, 4.69) is 12.2 Å². The second kappa shape index (κ2) is 6.24. The Morgan fingerprint density at radius 1 is 1.19 bits per heavy atom. The molecule has 4 heteroatoms. The van der Waals surface area contributed by atoms with Crippen LogP contribution < -0.4 is 14.8 Å². The average Bonchev–Trinajstić information content (AvgIpc) is 2.50. The van der Waals surface area contributed by atoms with E-state index >= 15 is 0 Å². The molecule has 4 nitrogen and oxygen atoms in total. The van der Waals surface area contributed by atoms with Crippen molar-refractivity contribution >= 4 is 0 Å². The molecule has 1 aliphatic heterocycles. The number of ether oxygens (including phenoxy) is 2. The molecule has 0 saturated heterocycles. The fraction of sp³-hybridized carbons (Fsp3) is 0.647. The third-order valence-corrected chi connectivity index (χ3v) is 4.59. The molecule has 1 saturated carbocycles. The number of aliphatic hydroxyl groups is 1. The zero-order valence-corrected chi connectivity index (χ0v) is 12.7. The molecule has 0 bridgehead atoms. The van der Waals surface area contributed by atoms with Crippen molar-refractivity contribution < 1.29 is 14.6 Å². The van der Waals surface area contributed by atoms with Crippen molar-refractivity contribution in [3.8, 4) is 11.5 Å². The Morgan fingerprint density at radius 3 is 2.67 bits per heavy atom. The molecule has 21 heavy (non-hydrogen) atoms. The second-order valence-corrected chi connectivity index (χ2v) is 6.49. The van der Waals surface area contributed by atoms with E-state index in [1.165, 1.54) is 0 Å². The normalized spacial score (nSPS) is 28.4. The van der Waals surface area contributed by atoms with E-state index in [1.807, 2.05) is 18.2 Å². The quantitative estimate of drug-likeness (QED) is 0.895. The lowest BCUT2D eigenvalue weighted by molar-refractivity contribution is -0.00630. The van der Waals surface area contributed by atoms with Gasteiger partial charge in [-0.3, -0.25) is 0 Å². The van der Waals surface area contributed by atoms with Crippen LogP contribution in [0.1, 0.15) is 38.2 Å². The summed E-state index contributed by atoms with van der Waals surface area (Å²) in [4.78, 5) is 0. The molecule has 2 aliphatic rings. The molecule has 1 aromatic carbocycles. The monoisotopic (exact) mass is 291 g/mol. The standard InChI is InChI=1S/C17H25NO3/c1-13-4-6-17(19,7-5-13)12-18-11-14-2-3-15-16(10-14)21-9-8-20-15/h2-3,10,13,18-19H,4-9,11-12H2,1H3. The van der Waals surface area contributed by atoms with Crippen LogP contribution in [0.5, 0.6) is 11.5 Å². The van der Waals surface area contributed by atoms with Gasteiger partial charge in [0.1, 0.15) is 13.2 Å². The van der Waals surface area contributed by atoms with Crippen LogP contribution in [0.3, 0.4) is 0 Å². The summed E-state index contributed by atoms with van der Waals surface area (Å²) in [5.74, 6) is 2.40. The number of fused-ring (bicyclic) bond motifs is 1. The molecular weight excluding hydrogens is 266 g/mol. The SMILES string of the molecule is CC1CCC(O)(CNCc2ccc3c(c2)OCCO3)CC1. The Bertz CT molecular complexity index is 481. The van der Waals surface area contributed by atoms with Gasteiger partial charge in [-0.05, 0) is 49.3 Å². The van der Waals surface area contributed by atoms with E-state index in [-0.39, 0.29) is 0 Å². The summed E-state index contributed by atoms with van der Waals surface area (Å²) in [7, 11) is 0. The molecular formula is C17H25NO3.